The lowest BCUT2D eigenvalue weighted by atomic mass is 10.0. The summed E-state index contributed by atoms with van der Waals surface area (Å²) in [5.74, 6) is -94.3. The summed E-state index contributed by atoms with van der Waals surface area (Å²) >= 11 is 0. The highest BCUT2D eigenvalue weighted by Crippen LogP contribution is 2.44. The number of para-hydroxylation sites is 3. The van der Waals surface area contributed by atoms with Gasteiger partial charge in [0.15, 0.2) is 157 Å². The average Bonchev–Trinajstić information content (AvgIpc) is 1.62. The molecular weight excluding hydrogens is 1400 g/mol. The maximum absolute atomic E-state index is 16.3. The molecule has 0 spiro atoms. The van der Waals surface area contributed by atoms with Crippen molar-refractivity contribution in [2.75, 3.05) is 0 Å². The van der Waals surface area contributed by atoms with E-state index < -0.39 is 297 Å². The second-order valence-corrected chi connectivity index (χ2v) is 19.5. The Balaban J connectivity index is 1.24. The van der Waals surface area contributed by atoms with Gasteiger partial charge >= 0.3 is 7.32 Å². The third-order valence-electron chi connectivity index (χ3n) is 14.2. The Morgan fingerprint density at radius 1 is 0.206 bits per heavy atom. The lowest BCUT2D eigenvalue weighted by Crippen LogP contribution is -2.49. The molecule has 12 rings (SSSR count). The van der Waals surface area contributed by atoms with Crippen molar-refractivity contribution in [3.05, 3.63) is 229 Å². The third kappa shape index (κ3) is 9.53. The molecule has 0 bridgehead atoms. The Kier molecular flexibility index (Phi) is 15.8. The number of benzene rings is 9. The maximum Gasteiger partial charge on any atom is 0.926 e. The van der Waals surface area contributed by atoms with E-state index in [2.05, 4.69) is 15.0 Å². The maximum atomic E-state index is 16.3. The number of hydrogen-bond acceptors (Lipinski definition) is 6. The Hall–Kier alpha value is -11.2. The van der Waals surface area contributed by atoms with Crippen molar-refractivity contribution in [3.63, 3.8) is 0 Å². The Labute approximate surface area is 511 Å². The standard InChI is InChI=1S/C57H9BF30N6O3/c59-22-16(23(60)35(72)46(83)34(22)71)10-4-1-7-13-52(10)89-55(19-28(65)40(77)49(86)41(78)29(19)66)92(13)95-58(96-93-14-8-2-5-11(17-24(61)36(73)47(84)37(74)25(17)62)53(14)90-56(93)20-30(67)42(79)50(87)43(80)31(20)68)97-94-15-9-3-6-12(18-26(63)38(75)48(85)39(76)27(18)64)54(15)91-57(94)21-32(69)44(81)51(88)45(82)33(21)70/h1-9H. The number of halogens is 30. The van der Waals surface area contributed by atoms with E-state index >= 15 is 79.0 Å². The minimum absolute atomic E-state index is 0.330. The number of fused-ring (bicyclic) bond motifs is 3. The molecule has 97 heavy (non-hydrogen) atoms. The smallest absolute Gasteiger partial charge is 0.394 e. The van der Waals surface area contributed by atoms with Gasteiger partial charge in [-0.05, 0) is 18.2 Å². The molecule has 0 radical (unpaired) electrons. The van der Waals surface area contributed by atoms with Crippen LogP contribution in [0.25, 0.3) is 101 Å². The summed E-state index contributed by atoms with van der Waals surface area (Å²) in [6.07, 6.45) is 0. The van der Waals surface area contributed by atoms with Crippen LogP contribution < -0.4 is 14.3 Å². The molecule has 0 saturated carbocycles. The second kappa shape index (κ2) is 23.3. The molecule has 498 valence electrons. The predicted molar refractivity (Wildman–Crippen MR) is 266 cm³/mol. The highest BCUT2D eigenvalue weighted by Gasteiger charge is 2.44. The van der Waals surface area contributed by atoms with Gasteiger partial charge in [0.05, 0.1) is 33.4 Å². The molecule has 9 nitrogen and oxygen atoms in total. The van der Waals surface area contributed by atoms with E-state index in [-0.39, 0.29) is 0 Å². The highest BCUT2D eigenvalue weighted by molar-refractivity contribution is 6.37. The summed E-state index contributed by atoms with van der Waals surface area (Å²) in [5, 5.41) is 0. The lowest BCUT2D eigenvalue weighted by Gasteiger charge is -2.21. The number of imidazole rings is 3. The van der Waals surface area contributed by atoms with Gasteiger partial charge in [-0.2, -0.15) is 14.2 Å². The molecule has 40 heteroatoms. The molecule has 0 fully saturated rings. The van der Waals surface area contributed by atoms with Gasteiger partial charge in [-0.1, -0.05) is 36.4 Å². The summed E-state index contributed by atoms with van der Waals surface area (Å²) in [7, 11) is -4.07. The molecule has 0 N–H and O–H groups in total. The van der Waals surface area contributed by atoms with Gasteiger partial charge < -0.3 is 14.3 Å². The molecule has 3 heterocycles. The number of rotatable bonds is 12. The number of nitrogens with zero attached hydrogens (tertiary/aromatic N) is 6. The van der Waals surface area contributed by atoms with Crippen LogP contribution in [0, 0.1) is 175 Å². The quantitative estimate of drug-likeness (QED) is 0.0525. The largest absolute Gasteiger partial charge is 0.926 e. The van der Waals surface area contributed by atoms with Crippen molar-refractivity contribution in [1.82, 2.24) is 29.1 Å². The Morgan fingerprint density at radius 2 is 0.361 bits per heavy atom. The molecule has 0 saturated heterocycles. The average molecular weight is 1410 g/mol. The highest BCUT2D eigenvalue weighted by atomic mass is 19.2. The van der Waals surface area contributed by atoms with E-state index in [9.17, 15) is 52.7 Å². The SMILES string of the molecule is Fc1c(F)c(F)c(-c2cccc3c2nc(-c2c(F)c(F)c(F)c(F)c2F)n3OB(On2c(-c3c(F)c(F)c(F)c(F)c3F)nc3c(-c4c(F)c(F)c(F)c(F)c4F)cccc32)On2c(-c3c(F)c(F)c(F)c(F)c3F)nc3c(-c4c(F)c(F)c(F)c(F)c4F)cccc32)c(F)c1F. The zero-order valence-corrected chi connectivity index (χ0v) is 45.0. The molecular formula is C57H9BF30N6O3. The van der Waals surface area contributed by atoms with Crippen LogP contribution in [-0.4, -0.2) is 36.5 Å². The fourth-order valence-corrected chi connectivity index (χ4v) is 9.88. The van der Waals surface area contributed by atoms with E-state index in [0.29, 0.717) is 54.6 Å². The summed E-state index contributed by atoms with van der Waals surface area (Å²) in [4.78, 5) is 10.6. The van der Waals surface area contributed by atoms with Crippen LogP contribution >= 0.6 is 0 Å². The normalized spacial score (nSPS) is 11.8. The van der Waals surface area contributed by atoms with Crippen molar-refractivity contribution in [3.8, 4) is 67.5 Å². The van der Waals surface area contributed by atoms with Crippen LogP contribution in [-0.2, 0) is 0 Å². The molecule has 0 aliphatic rings. The second-order valence-electron chi connectivity index (χ2n) is 19.5. The van der Waals surface area contributed by atoms with Crippen LogP contribution in [0.2, 0.25) is 0 Å². The number of aromatic nitrogens is 6. The molecule has 0 aliphatic heterocycles. The van der Waals surface area contributed by atoms with Gasteiger partial charge in [0, 0.05) is 16.7 Å². The van der Waals surface area contributed by atoms with E-state index in [0.717, 1.165) is 0 Å². The topological polar surface area (TPSA) is 81.1 Å². The summed E-state index contributed by atoms with van der Waals surface area (Å²) < 4.78 is 477. The van der Waals surface area contributed by atoms with Crippen LogP contribution in [0.15, 0.2) is 54.6 Å². The van der Waals surface area contributed by atoms with E-state index in [1.165, 1.54) is 0 Å². The molecule has 3 aromatic heterocycles. The van der Waals surface area contributed by atoms with Crippen LogP contribution in [0.5, 0.6) is 0 Å². The molecule has 0 amide bonds. The first kappa shape index (κ1) is 65.8. The Bertz CT molecular complexity index is 4800. The molecule has 12 aromatic rings. The first-order valence-corrected chi connectivity index (χ1v) is 25.3. The van der Waals surface area contributed by atoms with E-state index in [1.54, 1.807) is 0 Å². The Morgan fingerprint density at radius 3 is 0.536 bits per heavy atom. The van der Waals surface area contributed by atoms with Crippen molar-refractivity contribution >= 4 is 40.4 Å². The monoisotopic (exact) mass is 1410 g/mol. The van der Waals surface area contributed by atoms with Crippen molar-refractivity contribution in [2.24, 2.45) is 0 Å². The zero-order valence-electron chi connectivity index (χ0n) is 45.0. The van der Waals surface area contributed by atoms with E-state index in [4.69, 9.17) is 14.3 Å². The summed E-state index contributed by atoms with van der Waals surface area (Å²) in [5.41, 5.74) is -27.5. The number of hydrogen-bond donors (Lipinski definition) is 0. The van der Waals surface area contributed by atoms with Crippen molar-refractivity contribution < 1.29 is 146 Å². The van der Waals surface area contributed by atoms with Crippen molar-refractivity contribution in [1.29, 1.82) is 0 Å². The summed E-state index contributed by atoms with van der Waals surface area (Å²) in [6, 6.07) is 3.34. The van der Waals surface area contributed by atoms with Gasteiger partial charge in [0.2, 0.25) is 34.9 Å². The first-order chi connectivity index (χ1) is 45.7. The first-order valence-electron chi connectivity index (χ1n) is 25.3. The third-order valence-corrected chi connectivity index (χ3v) is 14.2. The zero-order chi connectivity index (χ0) is 70.6. The fraction of sp³-hybridized carbons (Fsp3) is 0. The fourth-order valence-electron chi connectivity index (χ4n) is 9.88. The van der Waals surface area contributed by atoms with Gasteiger partial charge in [0.1, 0.15) is 33.1 Å². The lowest BCUT2D eigenvalue weighted by molar-refractivity contribution is 0.0814. The van der Waals surface area contributed by atoms with Gasteiger partial charge in [-0.25, -0.2) is 147 Å². The van der Waals surface area contributed by atoms with Gasteiger partial charge in [0.25, 0.3) is 0 Å². The van der Waals surface area contributed by atoms with Crippen LogP contribution in [0.1, 0.15) is 0 Å². The van der Waals surface area contributed by atoms with Crippen LogP contribution in [0.4, 0.5) is 132 Å². The molecule has 0 atom stereocenters. The molecule has 0 unspecified atom stereocenters. The van der Waals surface area contributed by atoms with Gasteiger partial charge in [-0.15, -0.1) is 0 Å². The van der Waals surface area contributed by atoms with Gasteiger partial charge in [-0.3, -0.25) is 0 Å². The van der Waals surface area contributed by atoms with Crippen LogP contribution in [0.3, 0.4) is 0 Å². The molecule has 9 aromatic carbocycles. The molecule has 0 aliphatic carbocycles. The minimum atomic E-state index is -4.07. The van der Waals surface area contributed by atoms with Crippen molar-refractivity contribution in [2.45, 2.75) is 0 Å². The predicted octanol–water partition coefficient (Wildman–Crippen LogP) is 16.6. The summed E-state index contributed by atoms with van der Waals surface area (Å²) in [6.45, 7) is 0. The minimum Gasteiger partial charge on any atom is -0.394 e. The van der Waals surface area contributed by atoms with E-state index in [1.807, 2.05) is 0 Å².